The molecule has 4 rings (SSSR count). The Bertz CT molecular complexity index is 948. The second kappa shape index (κ2) is 4.74. The van der Waals surface area contributed by atoms with Gasteiger partial charge < -0.3 is 4.74 Å². The number of hydrogen-bond acceptors (Lipinski definition) is 7. The second-order valence-electron chi connectivity index (χ2n) is 4.87. The Morgan fingerprint density at radius 1 is 1.36 bits per heavy atom. The average molecular weight is 312 g/mol. The molecule has 0 saturated heterocycles. The number of hydrogen-bond donors (Lipinski definition) is 0. The minimum Gasteiger partial charge on any atom is -0.462 e. The molecule has 22 heavy (non-hydrogen) atoms. The van der Waals surface area contributed by atoms with Gasteiger partial charge in [-0.05, 0) is 13.0 Å². The normalized spacial score (nSPS) is 13.1. The molecule has 1 aliphatic rings. The van der Waals surface area contributed by atoms with E-state index in [1.807, 2.05) is 31.3 Å². The van der Waals surface area contributed by atoms with E-state index in [4.69, 9.17) is 4.74 Å². The van der Waals surface area contributed by atoms with Gasteiger partial charge in [0.25, 0.3) is 0 Å². The zero-order valence-electron chi connectivity index (χ0n) is 12.0. The number of carbonyl (C=O) groups excluding carboxylic acids is 1. The van der Waals surface area contributed by atoms with E-state index in [2.05, 4.69) is 15.3 Å². The fourth-order valence-corrected chi connectivity index (χ4v) is 3.66. The molecule has 6 nitrogen and oxygen atoms in total. The Balaban J connectivity index is 2.11. The van der Waals surface area contributed by atoms with Crippen molar-refractivity contribution in [3.05, 3.63) is 29.1 Å². The molecule has 0 atom stereocenters. The molecule has 110 valence electrons. The molecule has 3 heterocycles. The monoisotopic (exact) mass is 312 g/mol. The Morgan fingerprint density at radius 3 is 3.00 bits per heavy atom. The topological polar surface area (TPSA) is 67.1 Å². The van der Waals surface area contributed by atoms with Gasteiger partial charge in [-0.25, -0.2) is 14.8 Å². The lowest BCUT2D eigenvalue weighted by molar-refractivity contribution is 0.0533. The number of anilines is 1. The third-order valence-corrected chi connectivity index (χ3v) is 4.60. The molecular weight excluding hydrogens is 300 g/mol. The predicted octanol–water partition coefficient (Wildman–Crippen LogP) is 4.07. The number of aromatic nitrogens is 1. The van der Waals surface area contributed by atoms with Gasteiger partial charge in [-0.3, -0.25) is 0 Å². The molecule has 0 aliphatic carbocycles. The van der Waals surface area contributed by atoms with Crippen LogP contribution in [0.25, 0.3) is 21.1 Å². The zero-order chi connectivity index (χ0) is 15.3. The van der Waals surface area contributed by atoms with Gasteiger partial charge in [0, 0.05) is 12.4 Å². The van der Waals surface area contributed by atoms with Crippen molar-refractivity contribution in [3.63, 3.8) is 0 Å². The summed E-state index contributed by atoms with van der Waals surface area (Å²) >= 11 is 1.30. The molecule has 0 fully saturated rings. The van der Waals surface area contributed by atoms with Gasteiger partial charge in [-0.1, -0.05) is 23.4 Å². The van der Waals surface area contributed by atoms with E-state index in [-0.39, 0.29) is 5.97 Å². The van der Waals surface area contributed by atoms with E-state index in [0.29, 0.717) is 17.2 Å². The number of benzene rings is 1. The Kier molecular flexibility index (Phi) is 2.83. The zero-order valence-corrected chi connectivity index (χ0v) is 12.8. The number of ether oxygens (including phenoxy) is 1. The van der Waals surface area contributed by atoms with E-state index in [0.717, 1.165) is 26.8 Å². The van der Waals surface area contributed by atoms with Gasteiger partial charge in [0.1, 0.15) is 15.4 Å². The number of esters is 1. The highest BCUT2D eigenvalue weighted by molar-refractivity contribution is 7.21. The predicted molar refractivity (Wildman–Crippen MR) is 86.0 cm³/mol. The molecule has 3 aromatic rings. The third kappa shape index (κ3) is 1.72. The van der Waals surface area contributed by atoms with E-state index >= 15 is 0 Å². The first-order chi connectivity index (χ1) is 10.7. The highest BCUT2D eigenvalue weighted by Gasteiger charge is 2.28. The largest absolute Gasteiger partial charge is 0.462 e. The summed E-state index contributed by atoms with van der Waals surface area (Å²) in [5.41, 5.74) is 2.36. The maximum absolute atomic E-state index is 12.1. The number of pyridine rings is 1. The second-order valence-corrected chi connectivity index (χ2v) is 5.87. The maximum atomic E-state index is 12.1. The molecule has 2 aromatic heterocycles. The summed E-state index contributed by atoms with van der Waals surface area (Å²) in [7, 11) is 1.84. The number of para-hydroxylation sites is 1. The number of fused-ring (bicyclic) bond motifs is 2. The SMILES string of the molecule is CCOC(=O)c1sc2nc3ccccc3c3c2c1N=NN3C. The van der Waals surface area contributed by atoms with Crippen LogP contribution in [0.1, 0.15) is 16.6 Å². The van der Waals surface area contributed by atoms with Gasteiger partial charge in [-0.15, -0.1) is 16.5 Å². The summed E-state index contributed by atoms with van der Waals surface area (Å²) < 4.78 is 5.12. The molecule has 7 heteroatoms. The molecular formula is C15H12N4O2S. The van der Waals surface area contributed by atoms with Crippen molar-refractivity contribution >= 4 is 49.8 Å². The summed E-state index contributed by atoms with van der Waals surface area (Å²) in [6, 6.07) is 7.86. The Labute approximate surface area is 130 Å². The van der Waals surface area contributed by atoms with Crippen molar-refractivity contribution in [3.8, 4) is 0 Å². The summed E-state index contributed by atoms with van der Waals surface area (Å²) in [6.07, 6.45) is 0. The summed E-state index contributed by atoms with van der Waals surface area (Å²) in [4.78, 5) is 18.0. The Hall–Kier alpha value is -2.54. The first-order valence-electron chi connectivity index (χ1n) is 6.88. The Morgan fingerprint density at radius 2 is 2.18 bits per heavy atom. The molecule has 0 unspecified atom stereocenters. The summed E-state index contributed by atoms with van der Waals surface area (Å²) in [5, 5.41) is 11.9. The number of thiophene rings is 1. The number of nitrogens with zero attached hydrogens (tertiary/aromatic N) is 4. The summed E-state index contributed by atoms with van der Waals surface area (Å²) in [5.74, 6) is -0.376. The van der Waals surface area contributed by atoms with Crippen LogP contribution in [0.4, 0.5) is 11.4 Å². The lowest BCUT2D eigenvalue weighted by Gasteiger charge is -2.19. The van der Waals surface area contributed by atoms with Crippen LogP contribution in [-0.2, 0) is 4.74 Å². The fraction of sp³-hybridized carbons (Fsp3) is 0.200. The maximum Gasteiger partial charge on any atom is 0.350 e. The minimum absolute atomic E-state index is 0.325. The van der Waals surface area contributed by atoms with Crippen molar-refractivity contribution in [2.75, 3.05) is 18.7 Å². The van der Waals surface area contributed by atoms with Crippen LogP contribution < -0.4 is 5.01 Å². The molecule has 0 amide bonds. The van der Waals surface area contributed by atoms with Crippen molar-refractivity contribution in [2.24, 2.45) is 10.3 Å². The first-order valence-corrected chi connectivity index (χ1v) is 7.70. The van der Waals surface area contributed by atoms with Crippen LogP contribution >= 0.6 is 11.3 Å². The van der Waals surface area contributed by atoms with Crippen LogP contribution in [0, 0.1) is 0 Å². The van der Waals surface area contributed by atoms with Gasteiger partial charge >= 0.3 is 5.97 Å². The molecule has 1 aromatic carbocycles. The van der Waals surface area contributed by atoms with E-state index in [1.165, 1.54) is 11.3 Å². The molecule has 0 spiro atoms. The van der Waals surface area contributed by atoms with Crippen molar-refractivity contribution < 1.29 is 9.53 Å². The van der Waals surface area contributed by atoms with Crippen LogP contribution in [0.2, 0.25) is 0 Å². The van der Waals surface area contributed by atoms with Crippen LogP contribution in [-0.4, -0.2) is 24.6 Å². The van der Waals surface area contributed by atoms with E-state index in [9.17, 15) is 4.79 Å². The summed E-state index contributed by atoms with van der Waals surface area (Å²) in [6.45, 7) is 2.11. The average Bonchev–Trinajstić information content (AvgIpc) is 2.89. The van der Waals surface area contributed by atoms with Gasteiger partial charge in [0.2, 0.25) is 0 Å². The van der Waals surface area contributed by atoms with Crippen LogP contribution in [0.15, 0.2) is 34.6 Å². The number of carbonyl (C=O) groups is 1. The molecule has 0 saturated carbocycles. The van der Waals surface area contributed by atoms with Crippen molar-refractivity contribution in [2.45, 2.75) is 6.92 Å². The lowest BCUT2D eigenvalue weighted by Crippen LogP contribution is -2.11. The number of rotatable bonds is 2. The van der Waals surface area contributed by atoms with Crippen molar-refractivity contribution in [1.29, 1.82) is 0 Å². The molecule has 0 radical (unpaired) electrons. The quantitative estimate of drug-likeness (QED) is 0.669. The molecule has 0 N–H and O–H groups in total. The van der Waals surface area contributed by atoms with Gasteiger partial charge in [-0.2, -0.15) is 0 Å². The fourth-order valence-electron chi connectivity index (χ4n) is 2.64. The van der Waals surface area contributed by atoms with Crippen LogP contribution in [0.3, 0.4) is 0 Å². The standard InChI is InChI=1S/C15H12N4O2S/c1-3-21-15(20)13-11-10-12(19(2)18-17-11)8-6-4-5-7-9(8)16-14(10)22-13/h4-7H,3H2,1-2H3. The molecule has 0 bridgehead atoms. The smallest absolute Gasteiger partial charge is 0.350 e. The molecule has 1 aliphatic heterocycles. The first kappa shape index (κ1) is 13.1. The van der Waals surface area contributed by atoms with Gasteiger partial charge in [0.15, 0.2) is 0 Å². The van der Waals surface area contributed by atoms with E-state index < -0.39 is 0 Å². The lowest BCUT2D eigenvalue weighted by atomic mass is 10.1. The minimum atomic E-state index is -0.376. The third-order valence-electron chi connectivity index (χ3n) is 3.55. The highest BCUT2D eigenvalue weighted by atomic mass is 32.1. The van der Waals surface area contributed by atoms with E-state index in [1.54, 1.807) is 11.9 Å². The van der Waals surface area contributed by atoms with Crippen LogP contribution in [0.5, 0.6) is 0 Å². The highest BCUT2D eigenvalue weighted by Crippen LogP contribution is 2.47. The van der Waals surface area contributed by atoms with Crippen molar-refractivity contribution in [1.82, 2.24) is 4.98 Å². The van der Waals surface area contributed by atoms with Gasteiger partial charge in [0.05, 0.1) is 23.2 Å².